The lowest BCUT2D eigenvalue weighted by molar-refractivity contribution is -0.944. The molecule has 1 aromatic heterocycles. The molecule has 0 amide bonds. The number of carbonyl (C=O) groups excluding carboxylic acids is 4. The van der Waals surface area contributed by atoms with Crippen molar-refractivity contribution >= 4 is 41.2 Å². The second kappa shape index (κ2) is 42.5. The van der Waals surface area contributed by atoms with Gasteiger partial charge in [-0.05, 0) is 31.6 Å². The highest BCUT2D eigenvalue weighted by molar-refractivity contribution is 6.99. The molecule has 0 aliphatic carbocycles. The van der Waals surface area contributed by atoms with Gasteiger partial charge in [-0.2, -0.15) is 8.75 Å². The maximum atomic E-state index is 13.3. The fraction of sp³-hybridized carbons (Fsp3) is 0.862. The molecule has 1 aliphatic heterocycles. The number of aromatic nitrogens is 2. The minimum atomic E-state index is -0.908. The molecule has 2 unspecified atom stereocenters. The molecule has 0 bridgehead atoms. The van der Waals surface area contributed by atoms with Crippen LogP contribution in [0.3, 0.4) is 0 Å². The normalized spacial score (nSPS) is 15.6. The predicted octanol–water partition coefficient (Wildman–Crippen LogP) is 15.1. The molecule has 13 heteroatoms. The largest absolute Gasteiger partial charge is 0.462 e. The van der Waals surface area contributed by atoms with Crippen LogP contribution in [0.5, 0.6) is 0 Å². The van der Waals surface area contributed by atoms with Crippen LogP contribution < -0.4 is 0 Å². The van der Waals surface area contributed by atoms with Crippen molar-refractivity contribution in [2.45, 2.75) is 278 Å². The fourth-order valence-corrected chi connectivity index (χ4v) is 9.87. The highest BCUT2D eigenvalue weighted by atomic mass is 32.1. The molecule has 0 saturated heterocycles. The standard InChI is InChI=1S/C58H104N3O9S/c1-7-10-13-15-17-19-21-23-25-27-29-31-33-38-54(62)67-46-52(47-68-55(63)39-34-32-30-28-26-24-22-20-18-16-14-11-8-2)70-57(65)44-49(4)40-41-56(64)69-50(5)61(6)42-36-37-51(45-61)58-53(59-71-60-58)48-66-43-35-12-9-3/h37,49-50,52H,7-36,38-48H2,1-6H3/q+1/t49?,50-,61?/m0/s1. The summed E-state index contributed by atoms with van der Waals surface area (Å²) in [7, 11) is 2.11. The average molecular weight is 1020 g/mol. The molecule has 0 aromatic carbocycles. The number of carbonyl (C=O) groups is 4. The molecule has 2 heterocycles. The van der Waals surface area contributed by atoms with Crippen LogP contribution in [0.15, 0.2) is 6.08 Å². The summed E-state index contributed by atoms with van der Waals surface area (Å²) in [5, 5.41) is 0. The van der Waals surface area contributed by atoms with E-state index in [1.165, 1.54) is 140 Å². The zero-order valence-electron chi connectivity index (χ0n) is 46.2. The number of nitrogens with zero attached hydrogens (tertiary/aromatic N) is 3. The number of rotatable bonds is 47. The summed E-state index contributed by atoms with van der Waals surface area (Å²) < 4.78 is 38.5. The molecular formula is C58H104N3O9S+. The van der Waals surface area contributed by atoms with Crippen LogP contribution in [0.1, 0.15) is 271 Å². The van der Waals surface area contributed by atoms with E-state index in [0.29, 0.717) is 43.5 Å². The summed E-state index contributed by atoms with van der Waals surface area (Å²) in [5.41, 5.74) is 2.83. The van der Waals surface area contributed by atoms with Crippen molar-refractivity contribution in [1.82, 2.24) is 8.75 Å². The summed E-state index contributed by atoms with van der Waals surface area (Å²) in [6, 6.07) is 0. The first kappa shape index (κ1) is 64.2. The Hall–Kier alpha value is -2.90. The molecular weight excluding hydrogens is 915 g/mol. The average Bonchev–Trinajstić information content (AvgIpc) is 3.83. The third kappa shape index (κ3) is 32.8. The van der Waals surface area contributed by atoms with Crippen molar-refractivity contribution in [3.05, 3.63) is 17.5 Å². The minimum Gasteiger partial charge on any atom is -0.462 e. The maximum absolute atomic E-state index is 13.3. The Bertz CT molecular complexity index is 1510. The first-order valence-corrected chi connectivity index (χ1v) is 29.9. The van der Waals surface area contributed by atoms with Gasteiger partial charge in [0.05, 0.1) is 31.9 Å². The van der Waals surface area contributed by atoms with Gasteiger partial charge >= 0.3 is 23.9 Å². The topological polar surface area (TPSA) is 140 Å². The number of ether oxygens (including phenoxy) is 5. The lowest BCUT2D eigenvalue weighted by Crippen LogP contribution is -2.55. The van der Waals surface area contributed by atoms with Gasteiger partial charge in [0.1, 0.15) is 31.1 Å². The molecule has 0 radical (unpaired) electrons. The van der Waals surface area contributed by atoms with E-state index >= 15 is 0 Å². The molecule has 0 fully saturated rings. The van der Waals surface area contributed by atoms with E-state index in [-0.39, 0.29) is 56.1 Å². The lowest BCUT2D eigenvalue weighted by atomic mass is 10.0. The van der Waals surface area contributed by atoms with Crippen LogP contribution >= 0.6 is 11.7 Å². The lowest BCUT2D eigenvalue weighted by Gasteiger charge is -2.41. The third-order valence-corrected chi connectivity index (χ3v) is 14.8. The van der Waals surface area contributed by atoms with E-state index in [0.717, 1.165) is 87.7 Å². The van der Waals surface area contributed by atoms with Gasteiger partial charge in [0.25, 0.3) is 0 Å². The number of likely N-dealkylation sites (N-methyl/N-ethyl adjacent to an activating group) is 1. The number of esters is 4. The zero-order chi connectivity index (χ0) is 51.6. The van der Waals surface area contributed by atoms with E-state index < -0.39 is 12.1 Å². The van der Waals surface area contributed by atoms with E-state index in [2.05, 4.69) is 42.6 Å². The number of hydrogen-bond acceptors (Lipinski definition) is 12. The summed E-state index contributed by atoms with van der Waals surface area (Å²) in [6.07, 6.45) is 38.2. The van der Waals surface area contributed by atoms with Crippen LogP contribution in [0.2, 0.25) is 0 Å². The second-order valence-electron chi connectivity index (χ2n) is 21.1. The van der Waals surface area contributed by atoms with Crippen molar-refractivity contribution < 1.29 is 47.3 Å². The quantitative estimate of drug-likeness (QED) is 0.0267. The fourth-order valence-electron chi connectivity index (χ4n) is 9.28. The summed E-state index contributed by atoms with van der Waals surface area (Å²) in [6.45, 7) is 12.8. The van der Waals surface area contributed by atoms with Crippen molar-refractivity contribution in [3.8, 4) is 0 Å². The van der Waals surface area contributed by atoms with Gasteiger partial charge in [0.2, 0.25) is 6.23 Å². The van der Waals surface area contributed by atoms with Crippen LogP contribution in [-0.4, -0.2) is 89.4 Å². The van der Waals surface area contributed by atoms with E-state index in [1.54, 1.807) is 0 Å². The van der Waals surface area contributed by atoms with Gasteiger partial charge in [0, 0.05) is 51.2 Å². The molecule has 12 nitrogen and oxygen atoms in total. The molecule has 3 atom stereocenters. The molecule has 0 saturated carbocycles. The monoisotopic (exact) mass is 1020 g/mol. The Morgan fingerprint density at radius 3 is 1.54 bits per heavy atom. The smallest absolute Gasteiger partial charge is 0.310 e. The number of unbranched alkanes of at least 4 members (excludes halogenated alkanes) is 26. The Morgan fingerprint density at radius 1 is 0.577 bits per heavy atom. The minimum absolute atomic E-state index is 0.0629. The van der Waals surface area contributed by atoms with Crippen molar-refractivity contribution in [1.29, 1.82) is 0 Å². The molecule has 1 aromatic rings. The Balaban J connectivity index is 1.78. The Labute approximate surface area is 437 Å². The second-order valence-corrected chi connectivity index (χ2v) is 21.6. The molecule has 0 spiro atoms. The molecule has 410 valence electrons. The first-order chi connectivity index (χ1) is 34.5. The molecule has 2 rings (SSSR count). The highest BCUT2D eigenvalue weighted by Crippen LogP contribution is 2.29. The van der Waals surface area contributed by atoms with E-state index in [4.69, 9.17) is 23.7 Å². The summed E-state index contributed by atoms with van der Waals surface area (Å²) >= 11 is 1.20. The predicted molar refractivity (Wildman–Crippen MR) is 289 cm³/mol. The zero-order valence-corrected chi connectivity index (χ0v) is 47.0. The summed E-state index contributed by atoms with van der Waals surface area (Å²) in [4.78, 5) is 52.0. The van der Waals surface area contributed by atoms with E-state index in [9.17, 15) is 19.2 Å². The van der Waals surface area contributed by atoms with Crippen LogP contribution in [-0.2, 0) is 49.5 Å². The van der Waals surface area contributed by atoms with Gasteiger partial charge < -0.3 is 23.7 Å². The molecule has 1 aliphatic rings. The van der Waals surface area contributed by atoms with Crippen LogP contribution in [0.4, 0.5) is 0 Å². The van der Waals surface area contributed by atoms with Crippen molar-refractivity contribution in [2.75, 3.05) is 40.0 Å². The molecule has 71 heavy (non-hydrogen) atoms. The third-order valence-electron chi connectivity index (χ3n) is 14.2. The SMILES string of the molecule is CCCCCCCCCCCCCCCC(=O)OCC(COC(=O)CCCCCCCCCCCCCCC)OC(=O)CC(C)CCC(=O)O[C@@H](C)[N+]1(C)CCC=C(c2nsnc2COCCCCC)C1. The Morgan fingerprint density at radius 2 is 1.04 bits per heavy atom. The maximum Gasteiger partial charge on any atom is 0.310 e. The van der Waals surface area contributed by atoms with Crippen LogP contribution in [0, 0.1) is 5.92 Å². The number of hydrogen-bond donors (Lipinski definition) is 0. The Kier molecular flexibility index (Phi) is 38.4. The first-order valence-electron chi connectivity index (χ1n) is 29.1. The summed E-state index contributed by atoms with van der Waals surface area (Å²) in [5.74, 6) is -1.65. The van der Waals surface area contributed by atoms with Crippen molar-refractivity contribution in [2.24, 2.45) is 5.92 Å². The van der Waals surface area contributed by atoms with Gasteiger partial charge in [-0.1, -0.05) is 201 Å². The van der Waals surface area contributed by atoms with Crippen molar-refractivity contribution in [3.63, 3.8) is 0 Å². The van der Waals surface area contributed by atoms with E-state index in [1.807, 2.05) is 13.8 Å². The van der Waals surface area contributed by atoms with Gasteiger partial charge in [-0.15, -0.1) is 0 Å². The van der Waals surface area contributed by atoms with Crippen LogP contribution in [0.25, 0.3) is 5.57 Å². The number of quaternary nitrogens is 1. The van der Waals surface area contributed by atoms with Gasteiger partial charge in [0.15, 0.2) is 6.10 Å². The highest BCUT2D eigenvalue weighted by Gasteiger charge is 2.36. The van der Waals surface area contributed by atoms with Gasteiger partial charge in [-0.25, -0.2) is 0 Å². The van der Waals surface area contributed by atoms with Gasteiger partial charge in [-0.3, -0.25) is 23.7 Å². The molecule has 0 N–H and O–H groups in total.